The fourth-order valence-corrected chi connectivity index (χ4v) is 4.04. The SMILES string of the molecule is Cc1cc(-c2nc3ccccc3s2)ccc1NC(=O)c1ccc(C)c([N+](=O)[O-])c1. The zero-order valence-electron chi connectivity index (χ0n) is 15.8. The van der Waals surface area contributed by atoms with Gasteiger partial charge in [-0.25, -0.2) is 4.98 Å². The molecule has 6 nitrogen and oxygen atoms in total. The molecule has 0 spiro atoms. The number of para-hydroxylation sites is 1. The van der Waals surface area contributed by atoms with E-state index in [0.717, 1.165) is 26.4 Å². The van der Waals surface area contributed by atoms with E-state index < -0.39 is 4.92 Å². The number of carbonyl (C=O) groups is 1. The van der Waals surface area contributed by atoms with Crippen LogP contribution in [0.4, 0.5) is 11.4 Å². The number of nitrogens with zero attached hydrogens (tertiary/aromatic N) is 2. The Labute approximate surface area is 171 Å². The van der Waals surface area contributed by atoms with Crippen molar-refractivity contribution in [1.29, 1.82) is 0 Å². The van der Waals surface area contributed by atoms with E-state index in [-0.39, 0.29) is 17.2 Å². The number of benzene rings is 3. The van der Waals surface area contributed by atoms with Crippen molar-refractivity contribution in [2.75, 3.05) is 5.32 Å². The molecule has 0 atom stereocenters. The first-order valence-electron chi connectivity index (χ1n) is 8.95. The Morgan fingerprint density at radius 2 is 1.83 bits per heavy atom. The quantitative estimate of drug-likeness (QED) is 0.348. The number of hydrogen-bond donors (Lipinski definition) is 1. The monoisotopic (exact) mass is 403 g/mol. The lowest BCUT2D eigenvalue weighted by atomic mass is 10.1. The molecule has 0 fully saturated rings. The molecule has 0 bridgehead atoms. The summed E-state index contributed by atoms with van der Waals surface area (Å²) in [4.78, 5) is 27.9. The maximum atomic E-state index is 12.6. The van der Waals surface area contributed by atoms with Crippen LogP contribution in [0, 0.1) is 24.0 Å². The summed E-state index contributed by atoms with van der Waals surface area (Å²) in [5.74, 6) is -0.385. The first-order chi connectivity index (χ1) is 13.9. The number of amides is 1. The largest absolute Gasteiger partial charge is 0.322 e. The van der Waals surface area contributed by atoms with Gasteiger partial charge in [-0.1, -0.05) is 18.2 Å². The Morgan fingerprint density at radius 1 is 1.03 bits per heavy atom. The molecule has 3 aromatic carbocycles. The Bertz CT molecular complexity index is 1230. The van der Waals surface area contributed by atoms with E-state index in [4.69, 9.17) is 0 Å². The molecule has 0 radical (unpaired) electrons. The molecule has 7 heteroatoms. The summed E-state index contributed by atoms with van der Waals surface area (Å²) in [6, 6.07) is 18.2. The second-order valence-electron chi connectivity index (χ2n) is 6.73. The zero-order chi connectivity index (χ0) is 20.5. The lowest BCUT2D eigenvalue weighted by molar-refractivity contribution is -0.385. The highest BCUT2D eigenvalue weighted by Crippen LogP contribution is 2.32. The Balaban J connectivity index is 1.59. The topological polar surface area (TPSA) is 85.1 Å². The fraction of sp³-hybridized carbons (Fsp3) is 0.0909. The number of rotatable bonds is 4. The van der Waals surface area contributed by atoms with Crippen LogP contribution in [0.2, 0.25) is 0 Å². The van der Waals surface area contributed by atoms with Crippen LogP contribution in [0.1, 0.15) is 21.5 Å². The predicted molar refractivity (Wildman–Crippen MR) is 116 cm³/mol. The Hall–Kier alpha value is -3.58. The van der Waals surface area contributed by atoms with Gasteiger partial charge in [0.1, 0.15) is 5.01 Å². The molecule has 0 saturated carbocycles. The maximum absolute atomic E-state index is 12.6. The summed E-state index contributed by atoms with van der Waals surface area (Å²) in [6.07, 6.45) is 0. The highest BCUT2D eigenvalue weighted by Gasteiger charge is 2.16. The minimum absolute atomic E-state index is 0.0689. The molecule has 0 saturated heterocycles. The predicted octanol–water partition coefficient (Wildman–Crippen LogP) is 5.74. The van der Waals surface area contributed by atoms with Crippen LogP contribution < -0.4 is 5.32 Å². The van der Waals surface area contributed by atoms with Crippen molar-refractivity contribution in [1.82, 2.24) is 4.98 Å². The van der Waals surface area contributed by atoms with Gasteiger partial charge in [0.25, 0.3) is 11.6 Å². The number of aryl methyl sites for hydroxylation is 2. The summed E-state index contributed by atoms with van der Waals surface area (Å²) in [6.45, 7) is 3.55. The first kappa shape index (κ1) is 18.8. The van der Waals surface area contributed by atoms with Gasteiger partial charge in [0.15, 0.2) is 0 Å². The van der Waals surface area contributed by atoms with Gasteiger partial charge in [0.05, 0.1) is 15.1 Å². The summed E-state index contributed by atoms with van der Waals surface area (Å²) >= 11 is 1.62. The standard InChI is InChI=1S/C22H17N3O3S/c1-13-7-8-15(12-19(13)25(27)28)21(26)23-17-10-9-16(11-14(17)2)22-24-18-5-3-4-6-20(18)29-22/h3-12H,1-2H3,(H,23,26). The second kappa shape index (κ2) is 7.44. The van der Waals surface area contributed by atoms with E-state index >= 15 is 0 Å². The molecule has 1 heterocycles. The number of fused-ring (bicyclic) bond motifs is 1. The van der Waals surface area contributed by atoms with Gasteiger partial charge in [0.2, 0.25) is 0 Å². The van der Waals surface area contributed by atoms with E-state index in [1.165, 1.54) is 6.07 Å². The van der Waals surface area contributed by atoms with Gasteiger partial charge in [-0.15, -0.1) is 11.3 Å². The lowest BCUT2D eigenvalue weighted by Crippen LogP contribution is -2.13. The molecule has 144 valence electrons. The number of anilines is 1. The van der Waals surface area contributed by atoms with Gasteiger partial charge < -0.3 is 5.32 Å². The highest BCUT2D eigenvalue weighted by atomic mass is 32.1. The molecule has 0 aliphatic rings. The smallest absolute Gasteiger partial charge is 0.273 e. The van der Waals surface area contributed by atoms with Crippen molar-refractivity contribution in [3.05, 3.63) is 87.5 Å². The summed E-state index contributed by atoms with van der Waals surface area (Å²) in [5, 5.41) is 14.9. The van der Waals surface area contributed by atoms with Gasteiger partial charge >= 0.3 is 0 Å². The Kier molecular flexibility index (Phi) is 4.82. The summed E-state index contributed by atoms with van der Waals surface area (Å²) in [5.41, 5.74) is 4.18. The molecule has 4 rings (SSSR count). The number of nitro groups is 1. The summed E-state index contributed by atoms with van der Waals surface area (Å²) < 4.78 is 1.12. The molecule has 1 N–H and O–H groups in total. The van der Waals surface area contributed by atoms with E-state index in [0.29, 0.717) is 11.3 Å². The number of carbonyl (C=O) groups excluding carboxylic acids is 1. The van der Waals surface area contributed by atoms with Crippen LogP contribution in [0.5, 0.6) is 0 Å². The van der Waals surface area contributed by atoms with Crippen LogP contribution in [-0.2, 0) is 0 Å². The molecular weight excluding hydrogens is 386 g/mol. The van der Waals surface area contributed by atoms with Crippen LogP contribution in [0.25, 0.3) is 20.8 Å². The average Bonchev–Trinajstić information content (AvgIpc) is 3.13. The lowest BCUT2D eigenvalue weighted by Gasteiger charge is -2.10. The van der Waals surface area contributed by atoms with Crippen molar-refractivity contribution < 1.29 is 9.72 Å². The molecule has 1 aromatic heterocycles. The second-order valence-corrected chi connectivity index (χ2v) is 7.76. The molecule has 29 heavy (non-hydrogen) atoms. The van der Waals surface area contributed by atoms with E-state index in [2.05, 4.69) is 10.3 Å². The molecule has 4 aromatic rings. The van der Waals surface area contributed by atoms with Crippen molar-refractivity contribution in [2.24, 2.45) is 0 Å². The maximum Gasteiger partial charge on any atom is 0.273 e. The molecular formula is C22H17N3O3S. The number of nitrogens with one attached hydrogen (secondary N) is 1. The average molecular weight is 403 g/mol. The molecule has 0 aliphatic carbocycles. The van der Waals surface area contributed by atoms with Crippen molar-refractivity contribution in [3.63, 3.8) is 0 Å². The number of thiazole rings is 1. The van der Waals surface area contributed by atoms with Crippen LogP contribution in [0.15, 0.2) is 60.7 Å². The minimum Gasteiger partial charge on any atom is -0.322 e. The molecule has 1 amide bonds. The van der Waals surface area contributed by atoms with Crippen molar-refractivity contribution in [2.45, 2.75) is 13.8 Å². The van der Waals surface area contributed by atoms with Crippen molar-refractivity contribution >= 4 is 38.8 Å². The van der Waals surface area contributed by atoms with E-state index in [1.54, 1.807) is 30.4 Å². The van der Waals surface area contributed by atoms with E-state index in [1.807, 2.05) is 49.4 Å². The molecule has 0 unspecified atom stereocenters. The zero-order valence-corrected chi connectivity index (χ0v) is 16.6. The van der Waals surface area contributed by atoms with Crippen molar-refractivity contribution in [3.8, 4) is 10.6 Å². The van der Waals surface area contributed by atoms with Crippen LogP contribution in [0.3, 0.4) is 0 Å². The summed E-state index contributed by atoms with van der Waals surface area (Å²) in [7, 11) is 0. The van der Waals surface area contributed by atoms with Gasteiger partial charge in [-0.3, -0.25) is 14.9 Å². The fourth-order valence-electron chi connectivity index (χ4n) is 3.07. The third-order valence-electron chi connectivity index (χ3n) is 4.68. The number of nitro benzene ring substituents is 1. The molecule has 0 aliphatic heterocycles. The number of hydrogen-bond acceptors (Lipinski definition) is 5. The Morgan fingerprint density at radius 3 is 2.55 bits per heavy atom. The van der Waals surface area contributed by atoms with Crippen LogP contribution >= 0.6 is 11.3 Å². The highest BCUT2D eigenvalue weighted by molar-refractivity contribution is 7.21. The van der Waals surface area contributed by atoms with Crippen LogP contribution in [-0.4, -0.2) is 15.8 Å². The van der Waals surface area contributed by atoms with Gasteiger partial charge in [-0.05, 0) is 55.8 Å². The normalized spacial score (nSPS) is 10.8. The van der Waals surface area contributed by atoms with E-state index in [9.17, 15) is 14.9 Å². The first-order valence-corrected chi connectivity index (χ1v) is 9.77. The third kappa shape index (κ3) is 3.72. The third-order valence-corrected chi connectivity index (χ3v) is 5.77. The minimum atomic E-state index is -0.482. The number of aromatic nitrogens is 1. The van der Waals surface area contributed by atoms with Gasteiger partial charge in [-0.2, -0.15) is 0 Å². The van der Waals surface area contributed by atoms with Gasteiger partial charge in [0, 0.05) is 28.4 Å².